The Morgan fingerprint density at radius 1 is 1.06 bits per heavy atom. The van der Waals surface area contributed by atoms with Crippen LogP contribution in [0.15, 0.2) is 60.0 Å². The van der Waals surface area contributed by atoms with Crippen molar-refractivity contribution >= 4 is 29.1 Å². The molecular formula is C25H23FN6O. The molecule has 1 saturated heterocycles. The summed E-state index contributed by atoms with van der Waals surface area (Å²) in [5.41, 5.74) is 5.62. The fourth-order valence-electron chi connectivity index (χ4n) is 4.38. The molecule has 2 aromatic carbocycles. The average molecular weight is 442 g/mol. The van der Waals surface area contributed by atoms with Crippen LogP contribution in [0.5, 0.6) is 0 Å². The van der Waals surface area contributed by atoms with Crippen molar-refractivity contribution in [1.82, 2.24) is 14.4 Å². The van der Waals surface area contributed by atoms with Crippen molar-refractivity contribution in [2.75, 3.05) is 36.5 Å². The second kappa shape index (κ2) is 8.29. The molecule has 166 valence electrons. The van der Waals surface area contributed by atoms with Crippen LogP contribution in [-0.4, -0.2) is 46.9 Å². The molecule has 1 fully saturated rings. The van der Waals surface area contributed by atoms with Crippen LogP contribution in [0.1, 0.15) is 17.5 Å². The highest BCUT2D eigenvalue weighted by molar-refractivity contribution is 5.86. The lowest BCUT2D eigenvalue weighted by atomic mass is 10.0. The molecule has 2 aliphatic heterocycles. The number of hydrogen-bond donors (Lipinski definition) is 1. The Labute approximate surface area is 190 Å². The number of aromatic nitrogens is 3. The van der Waals surface area contributed by atoms with Crippen LogP contribution in [0.2, 0.25) is 0 Å². The summed E-state index contributed by atoms with van der Waals surface area (Å²) >= 11 is 0. The highest BCUT2D eigenvalue weighted by atomic mass is 19.1. The number of halogens is 1. The maximum absolute atomic E-state index is 14.6. The Morgan fingerprint density at radius 3 is 2.88 bits per heavy atom. The summed E-state index contributed by atoms with van der Waals surface area (Å²) in [6.07, 6.45) is 8.09. The van der Waals surface area contributed by atoms with Crippen LogP contribution in [0.4, 0.5) is 21.6 Å². The second-order valence-corrected chi connectivity index (χ2v) is 8.26. The highest BCUT2D eigenvalue weighted by Gasteiger charge is 2.17. The van der Waals surface area contributed by atoms with E-state index >= 15 is 0 Å². The minimum absolute atomic E-state index is 0.278. The molecule has 33 heavy (non-hydrogen) atoms. The standard InChI is InChI=1S/C25H23FN6O/c26-22-13-17(12-18-14-27-15-21(18)22)23-16-32-8-6-28-25(32)24(30-23)29-19-2-4-20(5-3-19)31-7-1-10-33-11-9-31/h2-6,8,12-13,15-16H,1,7,9-11,14H2,(H,29,30). The SMILES string of the molecule is Fc1cc(-c2cn3ccnc3c(Nc3ccc(N4CCCOCC4)cc3)n2)cc2c1C=NC2. The molecule has 2 aromatic heterocycles. The molecule has 7 nitrogen and oxygen atoms in total. The van der Waals surface area contributed by atoms with Gasteiger partial charge in [0.1, 0.15) is 5.82 Å². The smallest absolute Gasteiger partial charge is 0.180 e. The summed E-state index contributed by atoms with van der Waals surface area (Å²) in [5.74, 6) is 0.339. The van der Waals surface area contributed by atoms with Crippen LogP contribution in [0, 0.1) is 5.82 Å². The van der Waals surface area contributed by atoms with Crippen molar-refractivity contribution in [2.45, 2.75) is 13.0 Å². The summed E-state index contributed by atoms with van der Waals surface area (Å²) in [6.45, 7) is 3.96. The van der Waals surface area contributed by atoms with Gasteiger partial charge in [-0.25, -0.2) is 14.4 Å². The van der Waals surface area contributed by atoms with Gasteiger partial charge in [-0.2, -0.15) is 0 Å². The van der Waals surface area contributed by atoms with Gasteiger partial charge in [-0.1, -0.05) is 0 Å². The minimum Gasteiger partial charge on any atom is -0.380 e. The number of aliphatic imine (C=N–C) groups is 1. The largest absolute Gasteiger partial charge is 0.380 e. The number of ether oxygens (including phenoxy) is 1. The first-order valence-electron chi connectivity index (χ1n) is 11.1. The Hall–Kier alpha value is -3.78. The zero-order valence-corrected chi connectivity index (χ0v) is 18.0. The highest BCUT2D eigenvalue weighted by Crippen LogP contribution is 2.29. The first-order valence-corrected chi connectivity index (χ1v) is 11.1. The normalized spacial score (nSPS) is 15.6. The van der Waals surface area contributed by atoms with E-state index in [9.17, 15) is 4.39 Å². The van der Waals surface area contributed by atoms with Crippen molar-refractivity contribution in [1.29, 1.82) is 0 Å². The molecular weight excluding hydrogens is 419 g/mol. The number of nitrogens with zero attached hydrogens (tertiary/aromatic N) is 5. The van der Waals surface area contributed by atoms with E-state index in [0.717, 1.165) is 44.0 Å². The van der Waals surface area contributed by atoms with E-state index < -0.39 is 0 Å². The molecule has 0 unspecified atom stereocenters. The summed E-state index contributed by atoms with van der Waals surface area (Å²) in [5, 5.41) is 3.40. The quantitative estimate of drug-likeness (QED) is 0.506. The zero-order valence-electron chi connectivity index (χ0n) is 18.0. The molecule has 6 rings (SSSR count). The first kappa shape index (κ1) is 19.9. The third kappa shape index (κ3) is 3.82. The van der Waals surface area contributed by atoms with E-state index in [4.69, 9.17) is 9.72 Å². The molecule has 4 heterocycles. The van der Waals surface area contributed by atoms with Gasteiger partial charge in [0.15, 0.2) is 11.5 Å². The predicted molar refractivity (Wildman–Crippen MR) is 127 cm³/mol. The van der Waals surface area contributed by atoms with Crippen molar-refractivity contribution in [3.8, 4) is 11.3 Å². The Kier molecular flexibility index (Phi) is 4.99. The second-order valence-electron chi connectivity index (χ2n) is 8.26. The fraction of sp³-hybridized carbons (Fsp3) is 0.240. The predicted octanol–water partition coefficient (Wildman–Crippen LogP) is 4.44. The van der Waals surface area contributed by atoms with Gasteiger partial charge >= 0.3 is 0 Å². The van der Waals surface area contributed by atoms with Gasteiger partial charge in [0, 0.05) is 67.0 Å². The van der Waals surface area contributed by atoms with Gasteiger partial charge in [-0.3, -0.25) is 4.99 Å². The van der Waals surface area contributed by atoms with Crippen LogP contribution in [0.3, 0.4) is 0 Å². The molecule has 0 saturated carbocycles. The third-order valence-electron chi connectivity index (χ3n) is 6.08. The number of benzene rings is 2. The van der Waals surface area contributed by atoms with Crippen molar-refractivity contribution in [3.05, 3.63) is 71.9 Å². The summed E-state index contributed by atoms with van der Waals surface area (Å²) in [7, 11) is 0. The van der Waals surface area contributed by atoms with Gasteiger partial charge in [-0.05, 0) is 48.4 Å². The number of anilines is 3. The molecule has 4 aromatic rings. The molecule has 8 heteroatoms. The van der Waals surface area contributed by atoms with Gasteiger partial charge in [0.05, 0.1) is 18.8 Å². The lowest BCUT2D eigenvalue weighted by Gasteiger charge is -2.22. The lowest BCUT2D eigenvalue weighted by Crippen LogP contribution is -2.25. The van der Waals surface area contributed by atoms with Crippen molar-refractivity contribution in [3.63, 3.8) is 0 Å². The number of hydrogen-bond acceptors (Lipinski definition) is 6. The molecule has 0 bridgehead atoms. The zero-order chi connectivity index (χ0) is 22.2. The van der Waals surface area contributed by atoms with Crippen LogP contribution < -0.4 is 10.2 Å². The topological polar surface area (TPSA) is 67.0 Å². The average Bonchev–Trinajstić information content (AvgIpc) is 3.43. The van der Waals surface area contributed by atoms with Gasteiger partial charge in [-0.15, -0.1) is 0 Å². The fourth-order valence-corrected chi connectivity index (χ4v) is 4.38. The van der Waals surface area contributed by atoms with Gasteiger partial charge < -0.3 is 19.4 Å². The number of imidazole rings is 1. The van der Waals surface area contributed by atoms with E-state index in [1.54, 1.807) is 12.4 Å². The Balaban J connectivity index is 1.32. The van der Waals surface area contributed by atoms with Gasteiger partial charge in [0.25, 0.3) is 0 Å². The number of rotatable bonds is 4. The molecule has 0 spiro atoms. The Bertz CT molecular complexity index is 1340. The van der Waals surface area contributed by atoms with Crippen molar-refractivity contribution in [2.24, 2.45) is 4.99 Å². The van der Waals surface area contributed by atoms with Gasteiger partial charge in [0.2, 0.25) is 0 Å². The third-order valence-corrected chi connectivity index (χ3v) is 6.08. The maximum atomic E-state index is 14.6. The van der Waals surface area contributed by atoms with Crippen LogP contribution >= 0.6 is 0 Å². The Morgan fingerprint density at radius 2 is 1.97 bits per heavy atom. The number of fused-ring (bicyclic) bond motifs is 2. The molecule has 0 amide bonds. The summed E-state index contributed by atoms with van der Waals surface area (Å²) in [6, 6.07) is 11.8. The van der Waals surface area contributed by atoms with Crippen LogP contribution in [-0.2, 0) is 11.3 Å². The van der Waals surface area contributed by atoms with E-state index in [1.165, 1.54) is 11.8 Å². The first-order chi connectivity index (χ1) is 16.2. The van der Waals surface area contributed by atoms with Crippen LogP contribution in [0.25, 0.3) is 16.9 Å². The van der Waals surface area contributed by atoms with E-state index in [1.807, 2.05) is 35.0 Å². The molecule has 0 aliphatic carbocycles. The van der Waals surface area contributed by atoms with E-state index in [2.05, 4.69) is 32.3 Å². The van der Waals surface area contributed by atoms with E-state index in [0.29, 0.717) is 34.8 Å². The number of nitrogens with one attached hydrogen (secondary N) is 1. The monoisotopic (exact) mass is 442 g/mol. The summed E-state index contributed by atoms with van der Waals surface area (Å²) in [4.78, 5) is 15.8. The molecule has 1 N–H and O–H groups in total. The van der Waals surface area contributed by atoms with E-state index in [-0.39, 0.29) is 5.82 Å². The summed E-state index contributed by atoms with van der Waals surface area (Å²) < 4.78 is 22.0. The van der Waals surface area contributed by atoms with Crippen molar-refractivity contribution < 1.29 is 9.13 Å². The molecule has 0 radical (unpaired) electrons. The molecule has 2 aliphatic rings. The maximum Gasteiger partial charge on any atom is 0.180 e. The molecule has 0 atom stereocenters. The minimum atomic E-state index is -0.278. The lowest BCUT2D eigenvalue weighted by molar-refractivity contribution is 0.152.